The number of carbonyl (C=O) groups is 1. The van der Waals surface area contributed by atoms with Crippen LogP contribution in [0.3, 0.4) is 0 Å². The molecule has 0 spiro atoms. The maximum absolute atomic E-state index is 12.0. The fourth-order valence-electron chi connectivity index (χ4n) is 3.76. The van der Waals surface area contributed by atoms with Crippen LogP contribution in [0.2, 0.25) is 0 Å². The summed E-state index contributed by atoms with van der Waals surface area (Å²) in [5, 5.41) is 0. The Morgan fingerprint density at radius 3 is 2.19 bits per heavy atom. The second-order valence-corrected chi connectivity index (χ2v) is 6.82. The maximum Gasteiger partial charge on any atom is 0.303 e. The van der Waals surface area contributed by atoms with Gasteiger partial charge in [-0.05, 0) is 31.2 Å². The molecule has 1 aliphatic heterocycles. The molecule has 0 amide bonds. The lowest BCUT2D eigenvalue weighted by molar-refractivity contribution is -0.169. The van der Waals surface area contributed by atoms with Crippen molar-refractivity contribution in [2.24, 2.45) is 0 Å². The first-order valence-corrected chi connectivity index (χ1v) is 9.91. The summed E-state index contributed by atoms with van der Waals surface area (Å²) in [5.74, 6) is 2.11. The Morgan fingerprint density at radius 2 is 1.61 bits per heavy atom. The molecule has 2 aromatic carbocycles. The molecule has 0 bridgehead atoms. The zero-order valence-electron chi connectivity index (χ0n) is 18.6. The summed E-state index contributed by atoms with van der Waals surface area (Å²) in [6.07, 6.45) is -1.99. The Labute approximate surface area is 181 Å². The van der Waals surface area contributed by atoms with Crippen LogP contribution in [0.1, 0.15) is 37.2 Å². The van der Waals surface area contributed by atoms with E-state index in [2.05, 4.69) is 0 Å². The van der Waals surface area contributed by atoms with Gasteiger partial charge in [0.2, 0.25) is 5.75 Å². The molecule has 3 atom stereocenters. The van der Waals surface area contributed by atoms with E-state index in [1.807, 2.05) is 19.1 Å². The SMILES string of the molecule is CCO[C@H]1c2ccc(OC)c(OC)c2O[C@H](c2ccc(OC)c(OC)c2)[C@H]1OC(C)=O. The molecule has 1 aliphatic rings. The van der Waals surface area contributed by atoms with Crippen LogP contribution in [-0.4, -0.2) is 47.1 Å². The number of fused-ring (bicyclic) bond motifs is 1. The standard InChI is InChI=1S/C23H28O8/c1-7-29-20-15-9-11-17(26-4)22(28-6)21(15)31-19(23(20)30-13(2)24)14-8-10-16(25-3)18(12-14)27-5/h8-12,19-20,23H,7H2,1-6H3/t19-,20+,23-/m1/s1. The van der Waals surface area contributed by atoms with Crippen molar-refractivity contribution in [1.29, 1.82) is 0 Å². The third kappa shape index (κ3) is 4.34. The van der Waals surface area contributed by atoms with Crippen molar-refractivity contribution in [3.8, 4) is 28.7 Å². The molecule has 168 valence electrons. The Kier molecular flexibility index (Phi) is 7.12. The average molecular weight is 432 g/mol. The van der Waals surface area contributed by atoms with Crippen molar-refractivity contribution in [3.05, 3.63) is 41.5 Å². The van der Waals surface area contributed by atoms with Gasteiger partial charge in [-0.3, -0.25) is 4.79 Å². The molecule has 0 unspecified atom stereocenters. The predicted octanol–water partition coefficient (Wildman–Crippen LogP) is 3.86. The molecule has 0 N–H and O–H groups in total. The van der Waals surface area contributed by atoms with Crippen LogP contribution in [0.4, 0.5) is 0 Å². The number of methoxy groups -OCH3 is 4. The van der Waals surface area contributed by atoms with Gasteiger partial charge in [0, 0.05) is 24.7 Å². The molecule has 1 heterocycles. The van der Waals surface area contributed by atoms with E-state index in [0.717, 1.165) is 5.56 Å². The van der Waals surface area contributed by atoms with Gasteiger partial charge in [-0.15, -0.1) is 0 Å². The van der Waals surface area contributed by atoms with Gasteiger partial charge >= 0.3 is 5.97 Å². The van der Waals surface area contributed by atoms with Crippen molar-refractivity contribution < 1.29 is 38.0 Å². The van der Waals surface area contributed by atoms with Gasteiger partial charge in [0.25, 0.3) is 0 Å². The topological polar surface area (TPSA) is 81.7 Å². The predicted molar refractivity (Wildman–Crippen MR) is 112 cm³/mol. The molecule has 2 aromatic rings. The molecule has 8 heteroatoms. The maximum atomic E-state index is 12.0. The lowest BCUT2D eigenvalue weighted by Gasteiger charge is -2.39. The number of ether oxygens (including phenoxy) is 7. The lowest BCUT2D eigenvalue weighted by Crippen LogP contribution is -2.39. The van der Waals surface area contributed by atoms with Crippen LogP contribution in [0.5, 0.6) is 28.7 Å². The van der Waals surface area contributed by atoms with Crippen LogP contribution in [0, 0.1) is 0 Å². The molecule has 8 nitrogen and oxygen atoms in total. The normalized spacial score (nSPS) is 19.6. The molecule has 0 aromatic heterocycles. The molecule has 0 saturated carbocycles. The zero-order valence-corrected chi connectivity index (χ0v) is 18.6. The summed E-state index contributed by atoms with van der Waals surface area (Å²) in [5.41, 5.74) is 1.44. The minimum absolute atomic E-state index is 0.412. The second-order valence-electron chi connectivity index (χ2n) is 6.82. The van der Waals surface area contributed by atoms with Crippen LogP contribution >= 0.6 is 0 Å². The minimum Gasteiger partial charge on any atom is -0.493 e. The first-order chi connectivity index (χ1) is 15.0. The Balaban J connectivity index is 2.19. The Morgan fingerprint density at radius 1 is 0.935 bits per heavy atom. The highest BCUT2D eigenvalue weighted by Crippen LogP contribution is 2.52. The summed E-state index contributed by atoms with van der Waals surface area (Å²) < 4.78 is 39.9. The largest absolute Gasteiger partial charge is 0.493 e. The highest BCUT2D eigenvalue weighted by atomic mass is 16.6. The number of hydrogen-bond donors (Lipinski definition) is 0. The first kappa shape index (κ1) is 22.6. The van der Waals surface area contributed by atoms with Crippen molar-refractivity contribution in [1.82, 2.24) is 0 Å². The Hall–Kier alpha value is -3.13. The summed E-state index contributed by atoms with van der Waals surface area (Å²) in [6.45, 7) is 3.65. The highest BCUT2D eigenvalue weighted by molar-refractivity contribution is 5.67. The molecule has 0 radical (unpaired) electrons. The average Bonchev–Trinajstić information content (AvgIpc) is 2.78. The number of esters is 1. The lowest BCUT2D eigenvalue weighted by atomic mass is 9.91. The quantitative estimate of drug-likeness (QED) is 0.582. The van der Waals surface area contributed by atoms with Gasteiger partial charge < -0.3 is 33.2 Å². The highest BCUT2D eigenvalue weighted by Gasteiger charge is 2.44. The number of carbonyl (C=O) groups excluding carboxylic acids is 1. The van der Waals surface area contributed by atoms with Crippen molar-refractivity contribution in [3.63, 3.8) is 0 Å². The van der Waals surface area contributed by atoms with Gasteiger partial charge in [0.05, 0.1) is 28.4 Å². The molecule has 0 fully saturated rings. The summed E-state index contributed by atoms with van der Waals surface area (Å²) in [7, 11) is 6.22. The molecule has 3 rings (SSSR count). The van der Waals surface area contributed by atoms with E-state index in [4.69, 9.17) is 33.2 Å². The second kappa shape index (κ2) is 9.78. The summed E-state index contributed by atoms with van der Waals surface area (Å²) in [4.78, 5) is 12.0. The van der Waals surface area contributed by atoms with Crippen LogP contribution in [-0.2, 0) is 14.3 Å². The van der Waals surface area contributed by atoms with Crippen molar-refractivity contribution in [2.75, 3.05) is 35.0 Å². The third-order valence-corrected chi connectivity index (χ3v) is 5.06. The molecule has 0 saturated heterocycles. The van der Waals surface area contributed by atoms with E-state index in [1.54, 1.807) is 46.6 Å². The van der Waals surface area contributed by atoms with Gasteiger partial charge in [-0.2, -0.15) is 0 Å². The molecular formula is C23H28O8. The number of rotatable bonds is 8. The monoisotopic (exact) mass is 432 g/mol. The molecule has 31 heavy (non-hydrogen) atoms. The fourth-order valence-corrected chi connectivity index (χ4v) is 3.76. The Bertz CT molecular complexity index is 926. The van der Waals surface area contributed by atoms with Gasteiger partial charge in [0.1, 0.15) is 6.10 Å². The van der Waals surface area contributed by atoms with Crippen LogP contribution in [0.15, 0.2) is 30.3 Å². The van der Waals surface area contributed by atoms with E-state index in [-0.39, 0.29) is 0 Å². The number of hydrogen-bond acceptors (Lipinski definition) is 8. The summed E-state index contributed by atoms with van der Waals surface area (Å²) in [6, 6.07) is 9.01. The first-order valence-electron chi connectivity index (χ1n) is 9.91. The van der Waals surface area contributed by atoms with Gasteiger partial charge in [0.15, 0.2) is 35.2 Å². The van der Waals surface area contributed by atoms with E-state index in [1.165, 1.54) is 6.92 Å². The van der Waals surface area contributed by atoms with E-state index >= 15 is 0 Å². The van der Waals surface area contributed by atoms with Crippen molar-refractivity contribution in [2.45, 2.75) is 32.2 Å². The van der Waals surface area contributed by atoms with E-state index in [9.17, 15) is 4.79 Å². The van der Waals surface area contributed by atoms with Crippen LogP contribution in [0.25, 0.3) is 0 Å². The van der Waals surface area contributed by atoms with Crippen molar-refractivity contribution >= 4 is 5.97 Å². The fraction of sp³-hybridized carbons (Fsp3) is 0.435. The number of benzene rings is 2. The van der Waals surface area contributed by atoms with E-state index in [0.29, 0.717) is 40.9 Å². The van der Waals surface area contributed by atoms with Crippen LogP contribution < -0.4 is 23.7 Å². The minimum atomic E-state index is -0.735. The third-order valence-electron chi connectivity index (χ3n) is 5.06. The van der Waals surface area contributed by atoms with Gasteiger partial charge in [-0.1, -0.05) is 6.07 Å². The molecular weight excluding hydrogens is 404 g/mol. The van der Waals surface area contributed by atoms with Gasteiger partial charge in [-0.25, -0.2) is 0 Å². The molecule has 0 aliphatic carbocycles. The summed E-state index contributed by atoms with van der Waals surface area (Å²) >= 11 is 0. The van der Waals surface area contributed by atoms with E-state index < -0.39 is 24.3 Å². The zero-order chi connectivity index (χ0) is 22.5. The smallest absolute Gasteiger partial charge is 0.303 e.